The van der Waals surface area contributed by atoms with Crippen molar-refractivity contribution in [1.29, 1.82) is 0 Å². The minimum absolute atomic E-state index is 0.611. The Morgan fingerprint density at radius 3 is 2.14 bits per heavy atom. The fourth-order valence-electron chi connectivity index (χ4n) is 1.38. The molecule has 0 rings (SSSR count). The first kappa shape index (κ1) is 13.4. The first-order valence-electron chi connectivity index (χ1n) is 5.91. The average Bonchev–Trinajstić information content (AvgIpc) is 2.21. The molecule has 0 saturated heterocycles. The molecule has 0 aliphatic rings. The van der Waals surface area contributed by atoms with Crippen LogP contribution in [-0.4, -0.2) is 6.29 Å². The lowest BCUT2D eigenvalue weighted by molar-refractivity contribution is 0.545. The molecule has 0 atom stereocenters. The van der Waals surface area contributed by atoms with Gasteiger partial charge in [0.15, 0.2) is 6.29 Å². The molecule has 1 heteroatoms. The second-order valence-electron chi connectivity index (χ2n) is 3.71. The van der Waals surface area contributed by atoms with E-state index in [1.807, 2.05) is 6.29 Å². The van der Waals surface area contributed by atoms with Crippen molar-refractivity contribution in [3.8, 4) is 0 Å². The van der Waals surface area contributed by atoms with Crippen LogP contribution in [0.25, 0.3) is 0 Å². The van der Waals surface area contributed by atoms with Gasteiger partial charge in [0, 0.05) is 6.42 Å². The molecule has 0 aliphatic carbocycles. The van der Waals surface area contributed by atoms with E-state index >= 15 is 0 Å². The molecule has 1 nitrogen and oxygen atoms in total. The summed E-state index contributed by atoms with van der Waals surface area (Å²) in [6, 6.07) is 0. The molecule has 0 saturated carbocycles. The van der Waals surface area contributed by atoms with Crippen molar-refractivity contribution in [2.75, 3.05) is 0 Å². The zero-order valence-electron chi connectivity index (χ0n) is 9.43. The van der Waals surface area contributed by atoms with Gasteiger partial charge in [0.05, 0.1) is 0 Å². The quantitative estimate of drug-likeness (QED) is 0.377. The summed E-state index contributed by atoms with van der Waals surface area (Å²) in [7, 11) is 0. The topological polar surface area (TPSA) is 17.1 Å². The molecule has 14 heavy (non-hydrogen) atoms. The predicted molar refractivity (Wildman–Crippen MR) is 62.1 cm³/mol. The second kappa shape index (κ2) is 12.4. The SMILES string of the molecule is CCCCCC=CCCCCC[C]=O. The molecule has 0 N–H and O–H groups in total. The van der Waals surface area contributed by atoms with E-state index in [4.69, 9.17) is 0 Å². The van der Waals surface area contributed by atoms with Gasteiger partial charge in [0.2, 0.25) is 0 Å². The first-order chi connectivity index (χ1) is 6.91. The van der Waals surface area contributed by atoms with E-state index in [1.54, 1.807) is 0 Å². The highest BCUT2D eigenvalue weighted by Gasteiger charge is 1.87. The summed E-state index contributed by atoms with van der Waals surface area (Å²) in [6.07, 6.45) is 16.9. The largest absolute Gasteiger partial charge is 0.291 e. The summed E-state index contributed by atoms with van der Waals surface area (Å²) >= 11 is 0. The highest BCUT2D eigenvalue weighted by Crippen LogP contribution is 2.04. The fourth-order valence-corrected chi connectivity index (χ4v) is 1.38. The number of rotatable bonds is 10. The third-order valence-corrected chi connectivity index (χ3v) is 2.29. The highest BCUT2D eigenvalue weighted by molar-refractivity contribution is 5.50. The molecule has 1 radical (unpaired) electrons. The van der Waals surface area contributed by atoms with Gasteiger partial charge in [0.25, 0.3) is 0 Å². The molecule has 0 fully saturated rings. The van der Waals surface area contributed by atoms with Crippen molar-refractivity contribution in [3.05, 3.63) is 12.2 Å². The Balaban J connectivity index is 2.99. The van der Waals surface area contributed by atoms with Crippen LogP contribution in [0.3, 0.4) is 0 Å². The van der Waals surface area contributed by atoms with Gasteiger partial charge < -0.3 is 0 Å². The predicted octanol–water partition coefficient (Wildman–Crippen LogP) is 4.18. The summed E-state index contributed by atoms with van der Waals surface area (Å²) in [5, 5.41) is 0. The lowest BCUT2D eigenvalue weighted by Crippen LogP contribution is -1.78. The molecule has 0 aromatic heterocycles. The Hall–Kier alpha value is -0.590. The maximum Gasteiger partial charge on any atom is 0.198 e. The van der Waals surface area contributed by atoms with Crippen molar-refractivity contribution in [3.63, 3.8) is 0 Å². The number of hydrogen-bond donors (Lipinski definition) is 0. The van der Waals surface area contributed by atoms with E-state index in [2.05, 4.69) is 19.1 Å². The van der Waals surface area contributed by atoms with Crippen LogP contribution in [0.1, 0.15) is 64.7 Å². The molecule has 0 spiro atoms. The van der Waals surface area contributed by atoms with E-state index in [1.165, 1.54) is 38.5 Å². The third kappa shape index (κ3) is 11.4. The Bertz CT molecular complexity index is 138. The van der Waals surface area contributed by atoms with Gasteiger partial charge in [-0.3, -0.25) is 4.79 Å². The third-order valence-electron chi connectivity index (χ3n) is 2.29. The molecule has 0 aromatic carbocycles. The van der Waals surface area contributed by atoms with Crippen LogP contribution >= 0.6 is 0 Å². The molecule has 0 aliphatic heterocycles. The van der Waals surface area contributed by atoms with Gasteiger partial charge in [-0.15, -0.1) is 0 Å². The van der Waals surface area contributed by atoms with E-state index in [-0.39, 0.29) is 0 Å². The van der Waals surface area contributed by atoms with Gasteiger partial charge in [-0.1, -0.05) is 38.3 Å². The van der Waals surface area contributed by atoms with Gasteiger partial charge >= 0.3 is 0 Å². The summed E-state index contributed by atoms with van der Waals surface area (Å²) < 4.78 is 0. The maximum atomic E-state index is 9.90. The first-order valence-corrected chi connectivity index (χ1v) is 5.91. The molecule has 0 unspecified atom stereocenters. The van der Waals surface area contributed by atoms with Crippen molar-refractivity contribution in [2.45, 2.75) is 64.7 Å². The standard InChI is InChI=1S/C13H23O/c1-2-3-4-5-6-7-8-9-10-11-12-13-14/h6-7H,2-5,8-12H2,1H3. The van der Waals surface area contributed by atoms with Crippen molar-refractivity contribution < 1.29 is 4.79 Å². The Labute approximate surface area is 88.6 Å². The normalized spacial score (nSPS) is 10.9. The van der Waals surface area contributed by atoms with Gasteiger partial charge in [-0.2, -0.15) is 0 Å². The number of hydrogen-bond acceptors (Lipinski definition) is 1. The van der Waals surface area contributed by atoms with E-state index in [0.717, 1.165) is 12.8 Å². The molecule has 0 bridgehead atoms. The molecule has 0 aromatic rings. The second-order valence-corrected chi connectivity index (χ2v) is 3.71. The number of unbranched alkanes of at least 4 members (excludes halogenated alkanes) is 7. The fraction of sp³-hybridized carbons (Fsp3) is 0.769. The summed E-state index contributed by atoms with van der Waals surface area (Å²) in [5.74, 6) is 0. The summed E-state index contributed by atoms with van der Waals surface area (Å²) in [4.78, 5) is 9.90. The van der Waals surface area contributed by atoms with Gasteiger partial charge in [-0.25, -0.2) is 0 Å². The summed E-state index contributed by atoms with van der Waals surface area (Å²) in [6.45, 7) is 2.23. The van der Waals surface area contributed by atoms with Crippen LogP contribution < -0.4 is 0 Å². The van der Waals surface area contributed by atoms with E-state index in [0.29, 0.717) is 6.42 Å². The number of carbonyl (C=O) groups excluding carboxylic acids is 1. The van der Waals surface area contributed by atoms with Crippen LogP contribution in [0.4, 0.5) is 0 Å². The van der Waals surface area contributed by atoms with Gasteiger partial charge in [-0.05, 0) is 32.1 Å². The van der Waals surface area contributed by atoms with Crippen molar-refractivity contribution in [2.24, 2.45) is 0 Å². The van der Waals surface area contributed by atoms with Crippen LogP contribution in [0.2, 0.25) is 0 Å². The lowest BCUT2D eigenvalue weighted by Gasteiger charge is -1.94. The average molecular weight is 195 g/mol. The highest BCUT2D eigenvalue weighted by atomic mass is 16.1. The van der Waals surface area contributed by atoms with Crippen LogP contribution in [0.5, 0.6) is 0 Å². The van der Waals surface area contributed by atoms with Crippen molar-refractivity contribution >= 4 is 6.29 Å². The smallest absolute Gasteiger partial charge is 0.198 e. The Morgan fingerprint density at radius 2 is 1.57 bits per heavy atom. The monoisotopic (exact) mass is 195 g/mol. The molecular weight excluding hydrogens is 172 g/mol. The molecule has 0 heterocycles. The summed E-state index contributed by atoms with van der Waals surface area (Å²) in [5.41, 5.74) is 0. The molecular formula is C13H23O. The molecule has 81 valence electrons. The Morgan fingerprint density at radius 1 is 0.929 bits per heavy atom. The van der Waals surface area contributed by atoms with Crippen LogP contribution in [0, 0.1) is 0 Å². The van der Waals surface area contributed by atoms with Crippen LogP contribution in [0.15, 0.2) is 12.2 Å². The zero-order valence-corrected chi connectivity index (χ0v) is 9.43. The zero-order chi connectivity index (χ0) is 10.5. The Kier molecular flexibility index (Phi) is 11.9. The van der Waals surface area contributed by atoms with E-state index < -0.39 is 0 Å². The lowest BCUT2D eigenvalue weighted by atomic mass is 10.1. The maximum absolute atomic E-state index is 9.90. The van der Waals surface area contributed by atoms with Crippen molar-refractivity contribution in [1.82, 2.24) is 0 Å². The minimum Gasteiger partial charge on any atom is -0.291 e. The van der Waals surface area contributed by atoms with Gasteiger partial charge in [0.1, 0.15) is 0 Å². The minimum atomic E-state index is 0.611. The molecule has 0 amide bonds. The van der Waals surface area contributed by atoms with Crippen LogP contribution in [-0.2, 0) is 4.79 Å². The number of allylic oxidation sites excluding steroid dienone is 2. The van der Waals surface area contributed by atoms with E-state index in [9.17, 15) is 4.79 Å².